The number of hydrogen-bond acceptors (Lipinski definition) is 2. The number of rotatable bonds is 5. The summed E-state index contributed by atoms with van der Waals surface area (Å²) in [5.74, 6) is 0.854. The van der Waals surface area contributed by atoms with E-state index in [4.69, 9.17) is 10.5 Å². The second-order valence-corrected chi connectivity index (χ2v) is 5.51. The minimum Gasteiger partial charge on any atom is -0.493 e. The zero-order valence-corrected chi connectivity index (χ0v) is 13.5. The van der Waals surface area contributed by atoms with Crippen LogP contribution in [0, 0.1) is 0 Å². The first-order valence-corrected chi connectivity index (χ1v) is 7.72. The molecular weight excluding hydrogens is 314 g/mol. The van der Waals surface area contributed by atoms with E-state index >= 15 is 0 Å². The van der Waals surface area contributed by atoms with Crippen molar-refractivity contribution in [3.05, 3.63) is 63.6 Å². The molecule has 106 valence electrons. The second kappa shape index (κ2) is 6.91. The first kappa shape index (κ1) is 15.1. The molecule has 1 atom stereocenters. The van der Waals surface area contributed by atoms with E-state index in [1.165, 1.54) is 11.1 Å². The van der Waals surface area contributed by atoms with Crippen LogP contribution in [-0.4, -0.2) is 6.61 Å². The highest BCUT2D eigenvalue weighted by molar-refractivity contribution is 9.10. The van der Waals surface area contributed by atoms with E-state index in [-0.39, 0.29) is 6.04 Å². The van der Waals surface area contributed by atoms with Crippen molar-refractivity contribution in [3.63, 3.8) is 0 Å². The maximum absolute atomic E-state index is 6.42. The first-order valence-electron chi connectivity index (χ1n) is 6.93. The van der Waals surface area contributed by atoms with E-state index in [2.05, 4.69) is 41.1 Å². The van der Waals surface area contributed by atoms with Crippen molar-refractivity contribution in [3.8, 4) is 5.75 Å². The van der Waals surface area contributed by atoms with Crippen LogP contribution in [0.15, 0.2) is 46.9 Å². The van der Waals surface area contributed by atoms with Gasteiger partial charge >= 0.3 is 0 Å². The molecule has 0 aliphatic carbocycles. The summed E-state index contributed by atoms with van der Waals surface area (Å²) >= 11 is 3.54. The molecule has 0 saturated heterocycles. The molecule has 0 amide bonds. The summed E-state index contributed by atoms with van der Waals surface area (Å²) in [5, 5.41) is 0. The van der Waals surface area contributed by atoms with Crippen LogP contribution in [0.25, 0.3) is 0 Å². The van der Waals surface area contributed by atoms with Gasteiger partial charge in [-0.25, -0.2) is 0 Å². The Labute approximate surface area is 129 Å². The molecule has 0 aliphatic rings. The van der Waals surface area contributed by atoms with Gasteiger partial charge in [-0.1, -0.05) is 37.3 Å². The number of ether oxygens (including phenoxy) is 1. The molecule has 2 aromatic rings. The van der Waals surface area contributed by atoms with Gasteiger partial charge in [0.1, 0.15) is 5.75 Å². The zero-order valence-electron chi connectivity index (χ0n) is 11.9. The lowest BCUT2D eigenvalue weighted by Gasteiger charge is -2.17. The van der Waals surface area contributed by atoms with Crippen LogP contribution in [0.5, 0.6) is 5.75 Å². The summed E-state index contributed by atoms with van der Waals surface area (Å²) in [7, 11) is 0. The number of hydrogen-bond donors (Lipinski definition) is 1. The quantitative estimate of drug-likeness (QED) is 0.876. The van der Waals surface area contributed by atoms with Crippen molar-refractivity contribution < 1.29 is 4.74 Å². The highest BCUT2D eigenvalue weighted by Crippen LogP contribution is 2.31. The van der Waals surface area contributed by atoms with E-state index in [1.54, 1.807) is 0 Å². The van der Waals surface area contributed by atoms with E-state index < -0.39 is 0 Å². The smallest absolute Gasteiger partial charge is 0.133 e. The molecule has 0 spiro atoms. The summed E-state index contributed by atoms with van der Waals surface area (Å²) < 4.78 is 6.48. The number of nitrogens with two attached hydrogens (primary N) is 1. The van der Waals surface area contributed by atoms with Crippen LogP contribution in [0.3, 0.4) is 0 Å². The first-order chi connectivity index (χ1) is 9.67. The van der Waals surface area contributed by atoms with Gasteiger partial charge in [0, 0.05) is 0 Å². The van der Waals surface area contributed by atoms with Crippen molar-refractivity contribution >= 4 is 15.9 Å². The highest BCUT2D eigenvalue weighted by atomic mass is 79.9. The molecule has 1 unspecified atom stereocenters. The van der Waals surface area contributed by atoms with E-state index in [0.717, 1.165) is 22.2 Å². The van der Waals surface area contributed by atoms with Gasteiger partial charge in [0.15, 0.2) is 0 Å². The topological polar surface area (TPSA) is 35.2 Å². The lowest BCUT2D eigenvalue weighted by atomic mass is 9.94. The van der Waals surface area contributed by atoms with Crippen LogP contribution >= 0.6 is 15.9 Å². The fourth-order valence-corrected chi connectivity index (χ4v) is 2.83. The fraction of sp³-hybridized carbons (Fsp3) is 0.294. The largest absolute Gasteiger partial charge is 0.493 e. The summed E-state index contributed by atoms with van der Waals surface area (Å²) in [4.78, 5) is 0. The Hall–Kier alpha value is -1.32. The van der Waals surface area contributed by atoms with Crippen LogP contribution in [0.1, 0.15) is 36.6 Å². The Morgan fingerprint density at radius 2 is 1.90 bits per heavy atom. The molecular formula is C17H20BrNO. The monoisotopic (exact) mass is 333 g/mol. The summed E-state index contributed by atoms with van der Waals surface area (Å²) in [6.45, 7) is 4.78. The van der Waals surface area contributed by atoms with Crippen molar-refractivity contribution in [2.75, 3.05) is 6.61 Å². The van der Waals surface area contributed by atoms with Crippen LogP contribution < -0.4 is 10.5 Å². The molecule has 0 aromatic heterocycles. The Kier molecular flexibility index (Phi) is 5.21. The lowest BCUT2D eigenvalue weighted by molar-refractivity contribution is 0.338. The molecule has 0 saturated carbocycles. The van der Waals surface area contributed by atoms with Crippen molar-refractivity contribution in [2.24, 2.45) is 5.73 Å². The van der Waals surface area contributed by atoms with Gasteiger partial charge in [-0.15, -0.1) is 0 Å². The molecule has 2 aromatic carbocycles. The van der Waals surface area contributed by atoms with Crippen molar-refractivity contribution in [1.82, 2.24) is 0 Å². The summed E-state index contributed by atoms with van der Waals surface area (Å²) in [5.41, 5.74) is 9.99. The number of halogens is 1. The predicted octanol–water partition coefficient (Wildman–Crippen LogP) is 4.46. The average molecular weight is 334 g/mol. The Bertz CT molecular complexity index is 583. The molecule has 0 radical (unpaired) electrons. The molecule has 0 bridgehead atoms. The standard InChI is InChI=1S/C17H20BrNO/c1-3-12-7-5-6-8-14(12)17(19)13-9-10-16(20-4-2)15(18)11-13/h5-11,17H,3-4,19H2,1-2H3. The third-order valence-corrected chi connectivity index (χ3v) is 4.01. The lowest BCUT2D eigenvalue weighted by Crippen LogP contribution is -2.14. The van der Waals surface area contributed by atoms with Gasteiger partial charge in [-0.2, -0.15) is 0 Å². The molecule has 2 N–H and O–H groups in total. The molecule has 0 aliphatic heterocycles. The Morgan fingerprint density at radius 1 is 1.15 bits per heavy atom. The molecule has 2 rings (SSSR count). The van der Waals surface area contributed by atoms with Gasteiger partial charge in [0.2, 0.25) is 0 Å². The summed E-state index contributed by atoms with van der Waals surface area (Å²) in [6.07, 6.45) is 0.988. The average Bonchev–Trinajstić information content (AvgIpc) is 2.48. The minimum absolute atomic E-state index is 0.113. The molecule has 0 fully saturated rings. The predicted molar refractivity (Wildman–Crippen MR) is 87.2 cm³/mol. The SMILES string of the molecule is CCOc1ccc(C(N)c2ccccc2CC)cc1Br. The number of benzene rings is 2. The van der Waals surface area contributed by atoms with Gasteiger partial charge in [0.25, 0.3) is 0 Å². The van der Waals surface area contributed by atoms with Crippen LogP contribution in [0.4, 0.5) is 0 Å². The summed E-state index contributed by atoms with van der Waals surface area (Å²) in [6, 6.07) is 14.3. The van der Waals surface area contributed by atoms with Gasteiger partial charge < -0.3 is 10.5 Å². The van der Waals surface area contributed by atoms with Gasteiger partial charge in [0.05, 0.1) is 17.1 Å². The molecule has 2 nitrogen and oxygen atoms in total. The Morgan fingerprint density at radius 3 is 2.55 bits per heavy atom. The van der Waals surface area contributed by atoms with E-state index in [9.17, 15) is 0 Å². The minimum atomic E-state index is -0.113. The molecule has 0 heterocycles. The van der Waals surface area contributed by atoms with Crippen molar-refractivity contribution in [1.29, 1.82) is 0 Å². The zero-order chi connectivity index (χ0) is 14.5. The fourth-order valence-electron chi connectivity index (χ4n) is 2.32. The third-order valence-electron chi connectivity index (χ3n) is 3.39. The molecule has 3 heteroatoms. The van der Waals surface area contributed by atoms with Gasteiger partial charge in [-0.3, -0.25) is 0 Å². The van der Waals surface area contributed by atoms with Crippen molar-refractivity contribution in [2.45, 2.75) is 26.3 Å². The van der Waals surface area contributed by atoms with E-state index in [0.29, 0.717) is 6.61 Å². The van der Waals surface area contributed by atoms with Crippen LogP contribution in [0.2, 0.25) is 0 Å². The molecule has 20 heavy (non-hydrogen) atoms. The van der Waals surface area contributed by atoms with Crippen LogP contribution in [-0.2, 0) is 6.42 Å². The third kappa shape index (κ3) is 3.22. The second-order valence-electron chi connectivity index (χ2n) is 4.65. The van der Waals surface area contributed by atoms with E-state index in [1.807, 2.05) is 31.2 Å². The Balaban J connectivity index is 2.33. The van der Waals surface area contributed by atoms with Gasteiger partial charge in [-0.05, 0) is 58.1 Å². The normalized spacial score (nSPS) is 12.2. The maximum atomic E-state index is 6.42. The number of aryl methyl sites for hydroxylation is 1. The maximum Gasteiger partial charge on any atom is 0.133 e. The highest BCUT2D eigenvalue weighted by Gasteiger charge is 2.13.